The van der Waals surface area contributed by atoms with Crippen LogP contribution >= 0.6 is 23.2 Å². The minimum Gasteiger partial charge on any atom is -0.383 e. The summed E-state index contributed by atoms with van der Waals surface area (Å²) in [5, 5.41) is 6.92. The molecular formula is C12H14Cl2N4O2S. The third-order valence-electron chi connectivity index (χ3n) is 3.25. The van der Waals surface area contributed by atoms with Crippen molar-refractivity contribution in [3.8, 4) is 0 Å². The fourth-order valence-corrected chi connectivity index (χ4v) is 3.81. The molecule has 1 heterocycles. The van der Waals surface area contributed by atoms with Gasteiger partial charge in [-0.05, 0) is 24.6 Å². The fourth-order valence-electron chi connectivity index (χ4n) is 1.89. The lowest BCUT2D eigenvalue weighted by atomic mass is 10.1. The predicted octanol–water partition coefficient (Wildman–Crippen LogP) is 2.68. The number of H-pyrrole nitrogens is 1. The van der Waals surface area contributed by atoms with Crippen molar-refractivity contribution in [1.29, 1.82) is 0 Å². The van der Waals surface area contributed by atoms with Crippen molar-refractivity contribution >= 4 is 39.0 Å². The molecule has 0 aliphatic rings. The number of hydrogen-bond donors (Lipinski definition) is 2. The van der Waals surface area contributed by atoms with Crippen LogP contribution in [0.4, 0.5) is 5.82 Å². The van der Waals surface area contributed by atoms with Gasteiger partial charge < -0.3 is 5.73 Å². The van der Waals surface area contributed by atoms with Gasteiger partial charge in [-0.3, -0.25) is 5.10 Å². The van der Waals surface area contributed by atoms with Crippen molar-refractivity contribution in [2.45, 2.75) is 17.9 Å². The molecule has 2 aromatic rings. The number of benzene rings is 1. The number of sulfonamides is 1. The van der Waals surface area contributed by atoms with E-state index in [9.17, 15) is 8.42 Å². The average molecular weight is 349 g/mol. The number of halogens is 2. The van der Waals surface area contributed by atoms with E-state index in [0.29, 0.717) is 15.6 Å². The highest BCUT2D eigenvalue weighted by atomic mass is 35.5. The molecule has 0 saturated carbocycles. The van der Waals surface area contributed by atoms with E-state index in [-0.39, 0.29) is 10.7 Å². The average Bonchev–Trinajstić information content (AvgIpc) is 2.84. The summed E-state index contributed by atoms with van der Waals surface area (Å²) in [6.45, 7) is 1.73. The van der Waals surface area contributed by atoms with Crippen molar-refractivity contribution in [2.24, 2.45) is 0 Å². The zero-order valence-corrected chi connectivity index (χ0v) is 13.7. The number of hydrogen-bond acceptors (Lipinski definition) is 4. The highest BCUT2D eigenvalue weighted by molar-refractivity contribution is 7.89. The van der Waals surface area contributed by atoms with E-state index in [0.717, 1.165) is 0 Å². The topological polar surface area (TPSA) is 92.1 Å². The summed E-state index contributed by atoms with van der Waals surface area (Å²) >= 11 is 12.0. The molecule has 21 heavy (non-hydrogen) atoms. The SMILES string of the molecule is CC(c1ccc(Cl)cc1Cl)N(C)S(=O)(=O)c1cn[nH]c1N. The molecule has 0 amide bonds. The Kier molecular flexibility index (Phi) is 4.48. The third kappa shape index (κ3) is 3.01. The van der Waals surface area contributed by atoms with Gasteiger partial charge in [0, 0.05) is 23.1 Å². The van der Waals surface area contributed by atoms with E-state index in [4.69, 9.17) is 28.9 Å². The second-order valence-electron chi connectivity index (χ2n) is 4.51. The van der Waals surface area contributed by atoms with E-state index in [1.165, 1.54) is 17.5 Å². The first-order valence-electron chi connectivity index (χ1n) is 5.97. The largest absolute Gasteiger partial charge is 0.383 e. The zero-order valence-electron chi connectivity index (χ0n) is 11.3. The monoisotopic (exact) mass is 348 g/mol. The quantitative estimate of drug-likeness (QED) is 0.888. The number of nitrogens with zero attached hydrogens (tertiary/aromatic N) is 2. The van der Waals surface area contributed by atoms with Crippen molar-refractivity contribution in [3.63, 3.8) is 0 Å². The van der Waals surface area contributed by atoms with Crippen LogP contribution in [0.2, 0.25) is 10.0 Å². The summed E-state index contributed by atoms with van der Waals surface area (Å²) in [6, 6.07) is 4.43. The van der Waals surface area contributed by atoms with Crippen LogP contribution in [0.25, 0.3) is 0 Å². The van der Waals surface area contributed by atoms with Gasteiger partial charge in [0.15, 0.2) is 0 Å². The van der Waals surface area contributed by atoms with Crippen LogP contribution in [0, 0.1) is 0 Å². The number of aromatic nitrogens is 2. The van der Waals surface area contributed by atoms with E-state index in [2.05, 4.69) is 10.2 Å². The molecule has 6 nitrogen and oxygen atoms in total. The highest BCUT2D eigenvalue weighted by Crippen LogP contribution is 2.32. The van der Waals surface area contributed by atoms with Gasteiger partial charge in [0.1, 0.15) is 10.7 Å². The van der Waals surface area contributed by atoms with Crippen LogP contribution in [-0.4, -0.2) is 30.0 Å². The van der Waals surface area contributed by atoms with Crippen LogP contribution in [0.1, 0.15) is 18.5 Å². The molecule has 1 unspecified atom stereocenters. The predicted molar refractivity (Wildman–Crippen MR) is 82.8 cm³/mol. The lowest BCUT2D eigenvalue weighted by Crippen LogP contribution is -2.30. The minimum atomic E-state index is -3.78. The molecule has 1 atom stereocenters. The molecule has 0 aliphatic heterocycles. The Labute approximate surface area is 132 Å². The Morgan fingerprint density at radius 2 is 2.05 bits per heavy atom. The highest BCUT2D eigenvalue weighted by Gasteiger charge is 2.30. The van der Waals surface area contributed by atoms with Crippen LogP contribution in [0.15, 0.2) is 29.3 Å². The number of rotatable bonds is 4. The van der Waals surface area contributed by atoms with Gasteiger partial charge in [-0.25, -0.2) is 8.42 Å². The minimum absolute atomic E-state index is 0.00347. The summed E-state index contributed by atoms with van der Waals surface area (Å²) in [7, 11) is -2.32. The summed E-state index contributed by atoms with van der Waals surface area (Å²) in [5.74, 6) is -0.00347. The number of nitrogens with one attached hydrogen (secondary N) is 1. The van der Waals surface area contributed by atoms with Crippen LogP contribution in [0.3, 0.4) is 0 Å². The Bertz CT molecular complexity index is 760. The molecule has 2 rings (SSSR count). The maximum Gasteiger partial charge on any atom is 0.248 e. The van der Waals surface area contributed by atoms with Gasteiger partial charge in [-0.1, -0.05) is 29.3 Å². The molecule has 114 valence electrons. The number of nitrogens with two attached hydrogens (primary N) is 1. The van der Waals surface area contributed by atoms with Crippen molar-refractivity contribution in [1.82, 2.24) is 14.5 Å². The molecule has 1 aromatic carbocycles. The number of aromatic amines is 1. The Morgan fingerprint density at radius 1 is 1.38 bits per heavy atom. The molecule has 0 spiro atoms. The first-order valence-corrected chi connectivity index (χ1v) is 8.16. The summed E-state index contributed by atoms with van der Waals surface area (Å²) in [4.78, 5) is -0.0677. The Morgan fingerprint density at radius 3 is 2.57 bits per heavy atom. The maximum absolute atomic E-state index is 12.5. The normalized spacial score (nSPS) is 13.6. The second kappa shape index (κ2) is 5.84. The fraction of sp³-hybridized carbons (Fsp3) is 0.250. The van der Waals surface area contributed by atoms with Crippen molar-refractivity contribution in [3.05, 3.63) is 40.0 Å². The molecule has 0 radical (unpaired) electrons. The molecule has 0 aliphatic carbocycles. The second-order valence-corrected chi connectivity index (χ2v) is 7.32. The van der Waals surface area contributed by atoms with Gasteiger partial charge in [0.05, 0.1) is 6.20 Å². The first-order chi connectivity index (χ1) is 9.75. The van der Waals surface area contributed by atoms with Gasteiger partial charge in [0.2, 0.25) is 10.0 Å². The molecule has 1 aromatic heterocycles. The summed E-state index contributed by atoms with van der Waals surface area (Å²) < 4.78 is 26.2. The molecule has 0 saturated heterocycles. The standard InChI is InChI=1S/C12H14Cl2N4O2S/c1-7(9-4-3-8(13)5-10(9)14)18(2)21(19,20)11-6-16-17-12(11)15/h3-7H,1-2H3,(H3,15,16,17). The smallest absolute Gasteiger partial charge is 0.248 e. The van der Waals surface area contributed by atoms with Crippen molar-refractivity contribution < 1.29 is 8.42 Å². The summed E-state index contributed by atoms with van der Waals surface area (Å²) in [5.41, 5.74) is 6.23. The molecular weight excluding hydrogens is 335 g/mol. The van der Waals surface area contributed by atoms with Crippen LogP contribution < -0.4 is 5.73 Å². The van der Waals surface area contributed by atoms with Gasteiger partial charge in [-0.15, -0.1) is 0 Å². The van der Waals surface area contributed by atoms with Gasteiger partial charge >= 0.3 is 0 Å². The van der Waals surface area contributed by atoms with E-state index < -0.39 is 16.1 Å². The van der Waals surface area contributed by atoms with Gasteiger partial charge in [0.25, 0.3) is 0 Å². The molecule has 3 N–H and O–H groups in total. The van der Waals surface area contributed by atoms with Gasteiger partial charge in [-0.2, -0.15) is 9.40 Å². The molecule has 9 heteroatoms. The third-order valence-corrected chi connectivity index (χ3v) is 5.77. The van der Waals surface area contributed by atoms with Crippen molar-refractivity contribution in [2.75, 3.05) is 12.8 Å². The maximum atomic E-state index is 12.5. The lowest BCUT2D eigenvalue weighted by Gasteiger charge is -2.25. The van der Waals surface area contributed by atoms with E-state index in [1.807, 2.05) is 0 Å². The Balaban J connectivity index is 2.39. The van der Waals surface area contributed by atoms with E-state index in [1.54, 1.807) is 25.1 Å². The van der Waals surface area contributed by atoms with Crippen LogP contribution in [-0.2, 0) is 10.0 Å². The number of nitrogen functional groups attached to an aromatic ring is 1. The zero-order chi connectivity index (χ0) is 15.8. The van der Waals surface area contributed by atoms with Crippen LogP contribution in [0.5, 0.6) is 0 Å². The first kappa shape index (κ1) is 16.1. The number of anilines is 1. The Hall–Kier alpha value is -1.28. The summed E-state index contributed by atoms with van der Waals surface area (Å²) in [6.07, 6.45) is 1.18. The lowest BCUT2D eigenvalue weighted by molar-refractivity contribution is 0.399. The van der Waals surface area contributed by atoms with E-state index >= 15 is 0 Å². The molecule has 0 bridgehead atoms. The molecule has 0 fully saturated rings.